The summed E-state index contributed by atoms with van der Waals surface area (Å²) in [5.74, 6) is 0.420. The molecular weight excluding hydrogens is 359 g/mol. The summed E-state index contributed by atoms with van der Waals surface area (Å²) in [5.41, 5.74) is 2.16. The van der Waals surface area contributed by atoms with E-state index in [1.807, 2.05) is 19.2 Å². The monoisotopic (exact) mass is 382 g/mol. The standard InChI is InChI=1S/C20H23FN6O/c1-2-27-11-9-17(25-27)20(28)22-16-4-3-10-26(13-16)19-12-18(23-24-19)14-5-7-15(21)8-6-14/h5-9,11-12,16H,2-4,10,13H2,1H3,(H,22,28)(H,23,24)/t16-/m0/s1. The maximum Gasteiger partial charge on any atom is 0.272 e. The minimum absolute atomic E-state index is 0.0407. The smallest absolute Gasteiger partial charge is 0.272 e. The van der Waals surface area contributed by atoms with Crippen molar-refractivity contribution in [1.82, 2.24) is 25.3 Å². The van der Waals surface area contributed by atoms with Gasteiger partial charge in [-0.15, -0.1) is 0 Å². The molecule has 0 radical (unpaired) electrons. The molecule has 0 bridgehead atoms. The predicted molar refractivity (Wildman–Crippen MR) is 105 cm³/mol. The highest BCUT2D eigenvalue weighted by Crippen LogP contribution is 2.24. The Labute approximate surface area is 162 Å². The Kier molecular flexibility index (Phi) is 5.10. The number of rotatable bonds is 5. The zero-order valence-electron chi connectivity index (χ0n) is 15.7. The first-order valence-electron chi connectivity index (χ1n) is 9.53. The highest BCUT2D eigenvalue weighted by molar-refractivity contribution is 5.92. The number of hydrogen-bond donors (Lipinski definition) is 2. The highest BCUT2D eigenvalue weighted by Gasteiger charge is 2.24. The number of anilines is 1. The molecule has 1 amide bonds. The van der Waals surface area contributed by atoms with E-state index in [0.717, 1.165) is 43.0 Å². The Bertz CT molecular complexity index is 948. The molecular formula is C20H23FN6O. The molecule has 7 nitrogen and oxygen atoms in total. The van der Waals surface area contributed by atoms with E-state index in [2.05, 4.69) is 25.5 Å². The van der Waals surface area contributed by atoms with E-state index < -0.39 is 0 Å². The van der Waals surface area contributed by atoms with Crippen molar-refractivity contribution in [2.24, 2.45) is 0 Å². The lowest BCUT2D eigenvalue weighted by Gasteiger charge is -2.33. The summed E-state index contributed by atoms with van der Waals surface area (Å²) in [6.07, 6.45) is 3.70. The summed E-state index contributed by atoms with van der Waals surface area (Å²) >= 11 is 0. The molecule has 1 fully saturated rings. The SMILES string of the molecule is CCn1ccc(C(=O)N[C@H]2CCCN(c3cc(-c4ccc(F)cc4)[nH]n3)C2)n1. The van der Waals surface area contributed by atoms with Crippen LogP contribution in [0.2, 0.25) is 0 Å². The third-order valence-corrected chi connectivity index (χ3v) is 5.00. The Morgan fingerprint density at radius 3 is 2.89 bits per heavy atom. The molecule has 2 N–H and O–H groups in total. The van der Waals surface area contributed by atoms with Crippen molar-refractivity contribution in [3.05, 3.63) is 54.1 Å². The topological polar surface area (TPSA) is 78.8 Å². The van der Waals surface area contributed by atoms with Crippen LogP contribution in [0.15, 0.2) is 42.6 Å². The number of nitrogens with one attached hydrogen (secondary N) is 2. The van der Waals surface area contributed by atoms with Gasteiger partial charge in [0.1, 0.15) is 11.5 Å². The number of piperidine rings is 1. The van der Waals surface area contributed by atoms with Gasteiger partial charge in [0.15, 0.2) is 5.82 Å². The maximum absolute atomic E-state index is 13.1. The molecule has 0 aliphatic carbocycles. The quantitative estimate of drug-likeness (QED) is 0.711. The van der Waals surface area contributed by atoms with Gasteiger partial charge in [-0.05, 0) is 55.7 Å². The summed E-state index contributed by atoms with van der Waals surface area (Å²) in [6, 6.07) is 10.1. The van der Waals surface area contributed by atoms with Crippen LogP contribution in [0.25, 0.3) is 11.3 Å². The minimum Gasteiger partial charge on any atom is -0.353 e. The van der Waals surface area contributed by atoms with Gasteiger partial charge in [-0.2, -0.15) is 10.2 Å². The Hall–Kier alpha value is -3.16. The molecule has 4 rings (SSSR count). The second-order valence-corrected chi connectivity index (χ2v) is 6.96. The lowest BCUT2D eigenvalue weighted by Crippen LogP contribution is -2.48. The molecule has 8 heteroatoms. The van der Waals surface area contributed by atoms with Crippen molar-refractivity contribution in [1.29, 1.82) is 0 Å². The van der Waals surface area contributed by atoms with E-state index in [1.54, 1.807) is 22.9 Å². The molecule has 2 aromatic heterocycles. The zero-order valence-corrected chi connectivity index (χ0v) is 15.7. The molecule has 1 aromatic carbocycles. The van der Waals surface area contributed by atoms with E-state index in [-0.39, 0.29) is 17.8 Å². The molecule has 1 atom stereocenters. The average Bonchev–Trinajstić information content (AvgIpc) is 3.39. The Morgan fingerprint density at radius 2 is 2.14 bits per heavy atom. The molecule has 28 heavy (non-hydrogen) atoms. The molecule has 0 unspecified atom stereocenters. The summed E-state index contributed by atoms with van der Waals surface area (Å²) in [5, 5.41) is 14.8. The van der Waals surface area contributed by atoms with Crippen LogP contribution in [0.5, 0.6) is 0 Å². The van der Waals surface area contributed by atoms with Gasteiger partial charge < -0.3 is 10.2 Å². The normalized spacial score (nSPS) is 16.9. The molecule has 1 aliphatic rings. The van der Waals surface area contributed by atoms with Crippen molar-refractivity contribution in [2.75, 3.05) is 18.0 Å². The number of H-pyrrole nitrogens is 1. The Morgan fingerprint density at radius 1 is 1.32 bits per heavy atom. The molecule has 0 saturated carbocycles. The number of benzene rings is 1. The summed E-state index contributed by atoms with van der Waals surface area (Å²) < 4.78 is 14.9. The summed E-state index contributed by atoms with van der Waals surface area (Å²) in [4.78, 5) is 14.6. The van der Waals surface area contributed by atoms with Gasteiger partial charge in [-0.25, -0.2) is 4.39 Å². The molecule has 3 heterocycles. The predicted octanol–water partition coefficient (Wildman–Crippen LogP) is 2.83. The number of aryl methyl sites for hydroxylation is 1. The Balaban J connectivity index is 1.41. The first kappa shape index (κ1) is 18.2. The van der Waals surface area contributed by atoms with E-state index in [4.69, 9.17) is 0 Å². The number of aromatic amines is 1. The number of carbonyl (C=O) groups is 1. The van der Waals surface area contributed by atoms with Crippen LogP contribution in [0, 0.1) is 5.82 Å². The van der Waals surface area contributed by atoms with Gasteiger partial charge in [-0.3, -0.25) is 14.6 Å². The fourth-order valence-corrected chi connectivity index (χ4v) is 3.47. The first-order chi connectivity index (χ1) is 13.6. The van der Waals surface area contributed by atoms with Gasteiger partial charge in [-0.1, -0.05) is 0 Å². The van der Waals surface area contributed by atoms with Crippen LogP contribution in [0.4, 0.5) is 10.2 Å². The van der Waals surface area contributed by atoms with Gasteiger partial charge in [0.25, 0.3) is 5.91 Å². The van der Waals surface area contributed by atoms with Crippen LogP contribution in [-0.2, 0) is 6.54 Å². The van der Waals surface area contributed by atoms with Gasteiger partial charge in [0, 0.05) is 37.9 Å². The number of hydrogen-bond acceptors (Lipinski definition) is 4. The molecule has 3 aromatic rings. The molecule has 1 saturated heterocycles. The number of halogens is 1. The molecule has 1 aliphatic heterocycles. The average molecular weight is 382 g/mol. The van der Waals surface area contributed by atoms with E-state index in [9.17, 15) is 9.18 Å². The van der Waals surface area contributed by atoms with Crippen LogP contribution >= 0.6 is 0 Å². The molecule has 0 spiro atoms. The van der Waals surface area contributed by atoms with E-state index >= 15 is 0 Å². The van der Waals surface area contributed by atoms with Crippen LogP contribution in [0.1, 0.15) is 30.3 Å². The lowest BCUT2D eigenvalue weighted by molar-refractivity contribution is 0.0927. The van der Waals surface area contributed by atoms with Crippen molar-refractivity contribution < 1.29 is 9.18 Å². The van der Waals surface area contributed by atoms with Crippen LogP contribution in [-0.4, -0.2) is 45.0 Å². The third kappa shape index (κ3) is 3.90. The van der Waals surface area contributed by atoms with Crippen molar-refractivity contribution in [3.63, 3.8) is 0 Å². The number of carbonyl (C=O) groups excluding carboxylic acids is 1. The summed E-state index contributed by atoms with van der Waals surface area (Å²) in [7, 11) is 0. The van der Waals surface area contributed by atoms with Gasteiger partial charge in [0.2, 0.25) is 0 Å². The largest absolute Gasteiger partial charge is 0.353 e. The van der Waals surface area contributed by atoms with Gasteiger partial charge >= 0.3 is 0 Å². The van der Waals surface area contributed by atoms with E-state index in [1.165, 1.54) is 12.1 Å². The fraction of sp³-hybridized carbons (Fsp3) is 0.350. The number of nitrogens with zero attached hydrogens (tertiary/aromatic N) is 4. The fourth-order valence-electron chi connectivity index (χ4n) is 3.47. The number of aromatic nitrogens is 4. The van der Waals surface area contributed by atoms with E-state index in [0.29, 0.717) is 12.2 Å². The second-order valence-electron chi connectivity index (χ2n) is 6.96. The lowest BCUT2D eigenvalue weighted by atomic mass is 10.1. The minimum atomic E-state index is -0.262. The summed E-state index contributed by atoms with van der Waals surface area (Å²) in [6.45, 7) is 4.29. The van der Waals surface area contributed by atoms with Crippen LogP contribution in [0.3, 0.4) is 0 Å². The molecule has 146 valence electrons. The van der Waals surface area contributed by atoms with Crippen molar-refractivity contribution in [2.45, 2.75) is 32.4 Å². The zero-order chi connectivity index (χ0) is 19.5. The number of amides is 1. The van der Waals surface area contributed by atoms with Crippen molar-refractivity contribution >= 4 is 11.7 Å². The maximum atomic E-state index is 13.1. The van der Waals surface area contributed by atoms with Crippen molar-refractivity contribution in [3.8, 4) is 11.3 Å². The van der Waals surface area contributed by atoms with Gasteiger partial charge in [0.05, 0.1) is 5.69 Å². The third-order valence-electron chi connectivity index (χ3n) is 5.00. The van der Waals surface area contributed by atoms with Crippen LogP contribution < -0.4 is 10.2 Å². The second kappa shape index (κ2) is 7.84. The first-order valence-corrected chi connectivity index (χ1v) is 9.53. The highest BCUT2D eigenvalue weighted by atomic mass is 19.1.